The van der Waals surface area contributed by atoms with Gasteiger partial charge in [0, 0.05) is 6.20 Å². The van der Waals surface area contributed by atoms with Gasteiger partial charge in [0.25, 0.3) is 0 Å². The Labute approximate surface area is 151 Å². The van der Waals surface area contributed by atoms with Crippen molar-refractivity contribution in [2.24, 2.45) is 0 Å². The van der Waals surface area contributed by atoms with Crippen LogP contribution in [0.3, 0.4) is 0 Å². The molecule has 1 aromatic heterocycles. The molecule has 0 aliphatic rings. The first-order valence-electron chi connectivity index (χ1n) is 9.09. The van der Waals surface area contributed by atoms with Crippen LogP contribution in [0.4, 0.5) is 0 Å². The smallest absolute Gasteiger partial charge is 0.119 e. The molecule has 0 radical (unpaired) electrons. The van der Waals surface area contributed by atoms with Gasteiger partial charge in [-0.05, 0) is 42.3 Å². The zero-order valence-electron chi connectivity index (χ0n) is 14.9. The fourth-order valence-corrected chi connectivity index (χ4v) is 2.58. The summed E-state index contributed by atoms with van der Waals surface area (Å²) in [5.41, 5.74) is 2.21. The quantitative estimate of drug-likeness (QED) is 0.402. The van der Waals surface area contributed by atoms with Gasteiger partial charge in [0.2, 0.25) is 0 Å². The molecule has 0 amide bonds. The van der Waals surface area contributed by atoms with Gasteiger partial charge >= 0.3 is 0 Å². The summed E-state index contributed by atoms with van der Waals surface area (Å²) in [5.74, 6) is 0.877. The van der Waals surface area contributed by atoms with E-state index in [-0.39, 0.29) is 0 Å². The third kappa shape index (κ3) is 6.81. The maximum atomic E-state index is 9.33. The van der Waals surface area contributed by atoms with Gasteiger partial charge in [-0.2, -0.15) is 5.26 Å². The highest BCUT2D eigenvalue weighted by molar-refractivity contribution is 5.88. The van der Waals surface area contributed by atoms with Crippen molar-refractivity contribution < 1.29 is 4.74 Å². The minimum Gasteiger partial charge on any atom is -0.494 e. The van der Waals surface area contributed by atoms with Crippen molar-refractivity contribution in [1.82, 2.24) is 4.98 Å². The normalized spacial score (nSPS) is 11.1. The van der Waals surface area contributed by atoms with Crippen molar-refractivity contribution in [3.8, 4) is 11.8 Å². The van der Waals surface area contributed by atoms with E-state index in [1.54, 1.807) is 6.20 Å². The molecule has 0 aliphatic heterocycles. The molecule has 0 saturated heterocycles. The highest BCUT2D eigenvalue weighted by Crippen LogP contribution is 2.18. The third-order valence-corrected chi connectivity index (χ3v) is 4.02. The minimum atomic E-state index is 0.557. The molecular weight excluding hydrogens is 308 g/mol. The second-order valence-corrected chi connectivity index (χ2v) is 6.07. The predicted molar refractivity (Wildman–Crippen MR) is 103 cm³/mol. The van der Waals surface area contributed by atoms with E-state index >= 15 is 0 Å². The molecule has 0 N–H and O–H groups in total. The number of nitriles is 1. The van der Waals surface area contributed by atoms with Crippen LogP contribution in [0, 0.1) is 11.3 Å². The molecule has 3 nitrogen and oxygen atoms in total. The van der Waals surface area contributed by atoms with Crippen molar-refractivity contribution in [3.05, 3.63) is 59.9 Å². The maximum absolute atomic E-state index is 9.33. The molecule has 0 spiro atoms. The SMILES string of the molecule is CCCCCCCCOc1ccc(/C=C(\C#N)c2ccccn2)cc1. The molecular formula is C22H26N2O. The van der Waals surface area contributed by atoms with Gasteiger partial charge in [0.05, 0.1) is 17.9 Å². The molecule has 25 heavy (non-hydrogen) atoms. The Hall–Kier alpha value is -2.60. The zero-order chi connectivity index (χ0) is 17.7. The van der Waals surface area contributed by atoms with E-state index in [0.717, 1.165) is 24.3 Å². The van der Waals surface area contributed by atoms with Crippen LogP contribution < -0.4 is 4.74 Å². The zero-order valence-corrected chi connectivity index (χ0v) is 14.9. The summed E-state index contributed by atoms with van der Waals surface area (Å²) in [5, 5.41) is 9.33. The fourth-order valence-electron chi connectivity index (χ4n) is 2.58. The Kier molecular flexibility index (Phi) is 8.27. The fraction of sp³-hybridized carbons (Fsp3) is 0.364. The summed E-state index contributed by atoms with van der Waals surface area (Å²) in [6, 6.07) is 15.6. The number of benzene rings is 1. The molecule has 3 heteroatoms. The van der Waals surface area contributed by atoms with Crippen LogP contribution in [0.1, 0.15) is 56.7 Å². The van der Waals surface area contributed by atoms with Gasteiger partial charge in [-0.1, -0.05) is 57.2 Å². The lowest BCUT2D eigenvalue weighted by atomic mass is 10.1. The number of unbranched alkanes of at least 4 members (excludes halogenated alkanes) is 5. The molecule has 0 unspecified atom stereocenters. The van der Waals surface area contributed by atoms with E-state index in [2.05, 4.69) is 18.0 Å². The standard InChI is InChI=1S/C22H26N2O/c1-2-3-4-5-6-9-16-25-21-13-11-19(12-14-21)17-20(18-23)22-10-7-8-15-24-22/h7-8,10-15,17H,2-6,9,16H2,1H3/b20-17+. The van der Waals surface area contributed by atoms with Crippen molar-refractivity contribution in [3.63, 3.8) is 0 Å². The molecule has 2 aromatic rings. The Morgan fingerprint density at radius 3 is 2.48 bits per heavy atom. The molecule has 130 valence electrons. The van der Waals surface area contributed by atoms with Gasteiger partial charge in [-0.15, -0.1) is 0 Å². The van der Waals surface area contributed by atoms with Crippen molar-refractivity contribution in [2.75, 3.05) is 6.61 Å². The van der Waals surface area contributed by atoms with Crippen LogP contribution in [-0.2, 0) is 0 Å². The van der Waals surface area contributed by atoms with Crippen molar-refractivity contribution in [1.29, 1.82) is 5.26 Å². The molecule has 2 rings (SSSR count). The molecule has 0 atom stereocenters. The second-order valence-electron chi connectivity index (χ2n) is 6.07. The van der Waals surface area contributed by atoms with E-state index in [9.17, 15) is 5.26 Å². The van der Waals surface area contributed by atoms with Crippen LogP contribution in [0.15, 0.2) is 48.7 Å². The molecule has 1 heterocycles. The van der Waals surface area contributed by atoms with Crippen LogP contribution in [-0.4, -0.2) is 11.6 Å². The lowest BCUT2D eigenvalue weighted by molar-refractivity contribution is 0.304. The highest BCUT2D eigenvalue weighted by Gasteiger charge is 2.02. The Morgan fingerprint density at radius 2 is 1.80 bits per heavy atom. The number of rotatable bonds is 10. The summed E-state index contributed by atoms with van der Waals surface area (Å²) < 4.78 is 5.79. The summed E-state index contributed by atoms with van der Waals surface area (Å²) in [6.07, 6.45) is 11.1. The molecule has 0 bridgehead atoms. The number of nitrogens with zero attached hydrogens (tertiary/aromatic N) is 2. The molecule has 0 aliphatic carbocycles. The average Bonchev–Trinajstić information content (AvgIpc) is 2.67. The second kappa shape index (κ2) is 11.0. The molecule has 0 saturated carbocycles. The topological polar surface area (TPSA) is 45.9 Å². The third-order valence-electron chi connectivity index (χ3n) is 4.02. The number of hydrogen-bond donors (Lipinski definition) is 0. The lowest BCUT2D eigenvalue weighted by Gasteiger charge is -2.06. The number of aromatic nitrogens is 1. The van der Waals surface area contributed by atoms with Gasteiger partial charge in [0.15, 0.2) is 0 Å². The van der Waals surface area contributed by atoms with Gasteiger partial charge in [0.1, 0.15) is 11.8 Å². The van der Waals surface area contributed by atoms with Crippen LogP contribution in [0.25, 0.3) is 11.6 Å². The first kappa shape index (κ1) is 18.7. The first-order valence-corrected chi connectivity index (χ1v) is 9.09. The van der Waals surface area contributed by atoms with Gasteiger partial charge in [-0.25, -0.2) is 0 Å². The average molecular weight is 334 g/mol. The van der Waals surface area contributed by atoms with E-state index in [1.807, 2.05) is 48.5 Å². The number of ether oxygens (including phenoxy) is 1. The summed E-state index contributed by atoms with van der Waals surface area (Å²) in [7, 11) is 0. The lowest BCUT2D eigenvalue weighted by Crippen LogP contribution is -1.97. The van der Waals surface area contributed by atoms with Crippen molar-refractivity contribution in [2.45, 2.75) is 45.4 Å². The van der Waals surface area contributed by atoms with Gasteiger partial charge in [-0.3, -0.25) is 4.98 Å². The van der Waals surface area contributed by atoms with Gasteiger partial charge < -0.3 is 4.74 Å². The summed E-state index contributed by atoms with van der Waals surface area (Å²) >= 11 is 0. The monoisotopic (exact) mass is 334 g/mol. The Balaban J connectivity index is 1.83. The van der Waals surface area contributed by atoms with E-state index < -0.39 is 0 Å². The predicted octanol–water partition coefficient (Wildman–Crippen LogP) is 5.89. The van der Waals surface area contributed by atoms with E-state index in [1.165, 1.54) is 32.1 Å². The van der Waals surface area contributed by atoms with Crippen molar-refractivity contribution >= 4 is 11.6 Å². The summed E-state index contributed by atoms with van der Waals surface area (Å²) in [6.45, 7) is 3.00. The van der Waals surface area contributed by atoms with Crippen LogP contribution in [0.5, 0.6) is 5.75 Å². The highest BCUT2D eigenvalue weighted by atomic mass is 16.5. The Bertz CT molecular complexity index is 684. The van der Waals surface area contributed by atoms with E-state index in [0.29, 0.717) is 11.3 Å². The van der Waals surface area contributed by atoms with Crippen LogP contribution in [0.2, 0.25) is 0 Å². The Morgan fingerprint density at radius 1 is 1.04 bits per heavy atom. The minimum absolute atomic E-state index is 0.557. The van der Waals surface area contributed by atoms with E-state index in [4.69, 9.17) is 4.74 Å². The van der Waals surface area contributed by atoms with Crippen LogP contribution >= 0.6 is 0 Å². The number of pyridine rings is 1. The first-order chi connectivity index (χ1) is 12.3. The largest absolute Gasteiger partial charge is 0.494 e. The maximum Gasteiger partial charge on any atom is 0.119 e. The number of allylic oxidation sites excluding steroid dienone is 1. The molecule has 0 fully saturated rings. The summed E-state index contributed by atoms with van der Waals surface area (Å²) in [4.78, 5) is 4.22. The molecule has 1 aromatic carbocycles. The number of hydrogen-bond acceptors (Lipinski definition) is 3.